The Labute approximate surface area is 116 Å². The van der Waals surface area contributed by atoms with Gasteiger partial charge in [0.15, 0.2) is 0 Å². The molecule has 4 heteroatoms. The van der Waals surface area contributed by atoms with Gasteiger partial charge in [-0.2, -0.15) is 0 Å². The van der Waals surface area contributed by atoms with Crippen LogP contribution in [-0.4, -0.2) is 11.1 Å². The quantitative estimate of drug-likeness (QED) is 0.834. The largest absolute Gasteiger partial charge is 0.478 e. The van der Waals surface area contributed by atoms with Gasteiger partial charge < -0.3 is 10.8 Å². The van der Waals surface area contributed by atoms with Gasteiger partial charge in [-0.05, 0) is 54.4 Å². The first-order valence-corrected chi connectivity index (χ1v) is 6.81. The molecule has 2 rings (SSSR count). The highest BCUT2D eigenvalue weighted by atomic mass is 32.2. The highest BCUT2D eigenvalue weighted by Crippen LogP contribution is 2.29. The minimum atomic E-state index is -0.874. The third-order valence-corrected chi connectivity index (χ3v) is 3.80. The number of carbonyl (C=O) groups is 1. The molecule has 0 saturated carbocycles. The van der Waals surface area contributed by atoms with Gasteiger partial charge in [0, 0.05) is 15.5 Å². The zero-order valence-corrected chi connectivity index (χ0v) is 11.4. The lowest BCUT2D eigenvalue weighted by Crippen LogP contribution is -2.01. The molecule has 0 radical (unpaired) electrons. The van der Waals surface area contributed by atoms with E-state index in [0.717, 1.165) is 21.0 Å². The molecule has 0 heterocycles. The molecule has 0 amide bonds. The van der Waals surface area contributed by atoms with Crippen LogP contribution in [-0.2, 0) is 6.42 Å². The monoisotopic (exact) mass is 273 g/mol. The van der Waals surface area contributed by atoms with Crippen LogP contribution >= 0.6 is 11.8 Å². The Kier molecular flexibility index (Phi) is 4.12. The average Bonchev–Trinajstić information content (AvgIpc) is 2.41. The van der Waals surface area contributed by atoms with E-state index < -0.39 is 5.97 Å². The van der Waals surface area contributed by atoms with Crippen molar-refractivity contribution in [1.29, 1.82) is 0 Å². The van der Waals surface area contributed by atoms with Gasteiger partial charge in [0.2, 0.25) is 0 Å². The number of carboxylic acids is 1. The fraction of sp³-hybridized carbons (Fsp3) is 0.133. The molecule has 3 N–H and O–H groups in total. The molecule has 0 aliphatic heterocycles. The fourth-order valence-electron chi connectivity index (χ4n) is 1.81. The molecule has 2 aromatic carbocycles. The maximum absolute atomic E-state index is 11.1. The first kappa shape index (κ1) is 13.5. The summed E-state index contributed by atoms with van der Waals surface area (Å²) in [6.07, 6.45) is 0.706. The van der Waals surface area contributed by atoms with Crippen LogP contribution in [0.3, 0.4) is 0 Å². The number of hydrogen-bond acceptors (Lipinski definition) is 3. The molecule has 0 fully saturated rings. The first-order chi connectivity index (χ1) is 9.10. The van der Waals surface area contributed by atoms with Crippen LogP contribution in [0.2, 0.25) is 0 Å². The van der Waals surface area contributed by atoms with Crippen molar-refractivity contribution >= 4 is 23.4 Å². The maximum Gasteiger partial charge on any atom is 0.335 e. The Morgan fingerprint density at radius 1 is 1.16 bits per heavy atom. The lowest BCUT2D eigenvalue weighted by molar-refractivity contribution is 0.0695. The summed E-state index contributed by atoms with van der Waals surface area (Å²) in [5.41, 5.74) is 7.61. The molecule has 0 aromatic heterocycles. The van der Waals surface area contributed by atoms with E-state index in [-0.39, 0.29) is 0 Å². The molecule has 0 aliphatic rings. The van der Waals surface area contributed by atoms with Crippen molar-refractivity contribution in [3.8, 4) is 0 Å². The number of aryl methyl sites for hydroxylation is 1. The number of benzene rings is 2. The van der Waals surface area contributed by atoms with E-state index in [9.17, 15) is 4.79 Å². The molecule has 0 atom stereocenters. The molecule has 98 valence electrons. The van der Waals surface area contributed by atoms with Crippen molar-refractivity contribution < 1.29 is 9.90 Å². The lowest BCUT2D eigenvalue weighted by atomic mass is 10.1. The number of nitrogen functional groups attached to an aromatic ring is 1. The second-order valence-electron chi connectivity index (χ2n) is 4.15. The Bertz CT molecular complexity index is 594. The van der Waals surface area contributed by atoms with Crippen molar-refractivity contribution in [2.45, 2.75) is 23.1 Å². The lowest BCUT2D eigenvalue weighted by Gasteiger charge is -2.07. The van der Waals surface area contributed by atoms with E-state index in [1.54, 1.807) is 17.8 Å². The van der Waals surface area contributed by atoms with Gasteiger partial charge in [-0.15, -0.1) is 0 Å². The smallest absolute Gasteiger partial charge is 0.335 e. The summed E-state index contributed by atoms with van der Waals surface area (Å²) in [6, 6.07) is 13.1. The van der Waals surface area contributed by atoms with Crippen LogP contribution in [0.25, 0.3) is 0 Å². The number of aromatic carboxylic acids is 1. The van der Waals surface area contributed by atoms with E-state index in [2.05, 4.69) is 0 Å². The van der Waals surface area contributed by atoms with Crippen LogP contribution < -0.4 is 5.73 Å². The number of hydrogen-bond donors (Lipinski definition) is 2. The highest BCUT2D eigenvalue weighted by Gasteiger charge is 2.09. The van der Waals surface area contributed by atoms with Crippen LogP contribution in [0.5, 0.6) is 0 Å². The van der Waals surface area contributed by atoms with Crippen LogP contribution in [0.1, 0.15) is 22.8 Å². The summed E-state index contributed by atoms with van der Waals surface area (Å²) in [5, 5.41) is 9.09. The second kappa shape index (κ2) is 5.80. The SMILES string of the molecule is CCc1cc(Sc2ccc(N)cc2)ccc1C(=O)O. The Morgan fingerprint density at radius 3 is 2.37 bits per heavy atom. The number of rotatable bonds is 4. The van der Waals surface area contributed by atoms with Crippen LogP contribution in [0.15, 0.2) is 52.3 Å². The van der Waals surface area contributed by atoms with Gasteiger partial charge >= 0.3 is 5.97 Å². The number of carboxylic acid groups (broad SMARTS) is 1. The number of nitrogens with two attached hydrogens (primary N) is 1. The topological polar surface area (TPSA) is 63.3 Å². The number of anilines is 1. The Balaban J connectivity index is 2.26. The minimum Gasteiger partial charge on any atom is -0.478 e. The zero-order chi connectivity index (χ0) is 13.8. The third kappa shape index (κ3) is 3.29. The summed E-state index contributed by atoms with van der Waals surface area (Å²) in [6.45, 7) is 1.96. The predicted octanol–water partition coefficient (Wildman–Crippen LogP) is 3.68. The van der Waals surface area contributed by atoms with Gasteiger partial charge in [-0.3, -0.25) is 0 Å². The van der Waals surface area contributed by atoms with Crippen molar-refractivity contribution in [2.24, 2.45) is 0 Å². The van der Waals surface area contributed by atoms with Gasteiger partial charge in [-0.1, -0.05) is 18.7 Å². The van der Waals surface area contributed by atoms with Crippen molar-refractivity contribution in [3.05, 3.63) is 53.6 Å². The second-order valence-corrected chi connectivity index (χ2v) is 5.30. The van der Waals surface area contributed by atoms with Gasteiger partial charge in [0.05, 0.1) is 5.56 Å². The molecule has 3 nitrogen and oxygen atoms in total. The normalized spacial score (nSPS) is 10.4. The standard InChI is InChI=1S/C15H15NO2S/c1-2-10-9-13(7-8-14(10)15(17)18)19-12-5-3-11(16)4-6-12/h3-9H,2,16H2,1H3,(H,17,18). The summed E-state index contributed by atoms with van der Waals surface area (Å²) >= 11 is 1.60. The van der Waals surface area contributed by atoms with E-state index in [1.807, 2.05) is 43.3 Å². The molecule has 0 saturated heterocycles. The molecule has 2 aromatic rings. The van der Waals surface area contributed by atoms with Gasteiger partial charge in [0.25, 0.3) is 0 Å². The van der Waals surface area contributed by atoms with Crippen molar-refractivity contribution in [1.82, 2.24) is 0 Å². The predicted molar refractivity (Wildman–Crippen MR) is 77.8 cm³/mol. The molecule has 0 aliphatic carbocycles. The maximum atomic E-state index is 11.1. The third-order valence-electron chi connectivity index (χ3n) is 2.80. The summed E-state index contributed by atoms with van der Waals surface area (Å²) < 4.78 is 0. The first-order valence-electron chi connectivity index (χ1n) is 5.99. The average molecular weight is 273 g/mol. The van der Waals surface area contributed by atoms with Gasteiger partial charge in [0.1, 0.15) is 0 Å². The minimum absolute atomic E-state index is 0.379. The molecule has 0 spiro atoms. The van der Waals surface area contributed by atoms with Crippen LogP contribution in [0, 0.1) is 0 Å². The molecule has 19 heavy (non-hydrogen) atoms. The molecular weight excluding hydrogens is 258 g/mol. The van der Waals surface area contributed by atoms with Crippen LogP contribution in [0.4, 0.5) is 5.69 Å². The van der Waals surface area contributed by atoms with E-state index in [0.29, 0.717) is 12.0 Å². The molecular formula is C15H15NO2S. The molecule has 0 unspecified atom stereocenters. The molecule has 0 bridgehead atoms. The summed E-state index contributed by atoms with van der Waals surface area (Å²) in [4.78, 5) is 13.2. The van der Waals surface area contributed by atoms with Crippen molar-refractivity contribution in [2.75, 3.05) is 5.73 Å². The van der Waals surface area contributed by atoms with Gasteiger partial charge in [-0.25, -0.2) is 4.79 Å². The van der Waals surface area contributed by atoms with E-state index >= 15 is 0 Å². The summed E-state index contributed by atoms with van der Waals surface area (Å²) in [7, 11) is 0. The Hall–Kier alpha value is -1.94. The van der Waals surface area contributed by atoms with Crippen molar-refractivity contribution in [3.63, 3.8) is 0 Å². The summed E-state index contributed by atoms with van der Waals surface area (Å²) in [5.74, 6) is -0.874. The fourth-order valence-corrected chi connectivity index (χ4v) is 2.69. The zero-order valence-electron chi connectivity index (χ0n) is 10.6. The van der Waals surface area contributed by atoms with E-state index in [1.165, 1.54) is 0 Å². The van der Waals surface area contributed by atoms with E-state index in [4.69, 9.17) is 10.8 Å². The Morgan fingerprint density at radius 2 is 1.79 bits per heavy atom. The highest BCUT2D eigenvalue weighted by molar-refractivity contribution is 7.99.